The lowest BCUT2D eigenvalue weighted by molar-refractivity contribution is 0.174. The highest BCUT2D eigenvalue weighted by molar-refractivity contribution is 6.02. The van der Waals surface area contributed by atoms with Crippen LogP contribution in [-0.2, 0) is 5.41 Å². The fourth-order valence-corrected chi connectivity index (χ4v) is 2.86. The summed E-state index contributed by atoms with van der Waals surface area (Å²) in [5.41, 5.74) is 3.17. The molecule has 0 heterocycles. The predicted octanol–water partition coefficient (Wildman–Crippen LogP) is 5.10. The van der Waals surface area contributed by atoms with Crippen LogP contribution in [0.4, 0.5) is 16.2 Å². The van der Waals surface area contributed by atoms with Crippen molar-refractivity contribution in [3.8, 4) is 0 Å². The number of nitrogens with one attached hydrogen (secondary N) is 1. The number of rotatable bonds is 4. The van der Waals surface area contributed by atoms with Crippen molar-refractivity contribution in [3.05, 3.63) is 59.7 Å². The van der Waals surface area contributed by atoms with Crippen molar-refractivity contribution in [1.82, 2.24) is 0 Å². The highest BCUT2D eigenvalue weighted by Gasteiger charge is 2.27. The summed E-state index contributed by atoms with van der Waals surface area (Å²) in [5, 5.41) is 13.4. The molecule has 2 N–H and O–H groups in total. The summed E-state index contributed by atoms with van der Waals surface area (Å²) in [4.78, 5) is 14.4. The van der Waals surface area contributed by atoms with Gasteiger partial charge in [0.25, 0.3) is 0 Å². The van der Waals surface area contributed by atoms with E-state index in [4.69, 9.17) is 0 Å². The Hall–Kier alpha value is -2.33. The minimum Gasteiger partial charge on any atom is -0.388 e. The summed E-state index contributed by atoms with van der Waals surface area (Å²) in [7, 11) is 1.74. The number of carbonyl (C=O) groups excluding carboxylic acids is 1. The normalized spacial score (nSPS) is 12.6. The van der Waals surface area contributed by atoms with Gasteiger partial charge in [0.2, 0.25) is 0 Å². The molecule has 2 aromatic carbocycles. The maximum Gasteiger partial charge on any atom is 0.326 e. The molecule has 4 nitrogen and oxygen atoms in total. The van der Waals surface area contributed by atoms with Crippen LogP contribution in [0.2, 0.25) is 0 Å². The quantitative estimate of drug-likeness (QED) is 0.814. The molecule has 0 aliphatic heterocycles. The molecule has 1 unspecified atom stereocenters. The molecule has 0 fully saturated rings. The first-order valence-electron chi connectivity index (χ1n) is 8.67. The lowest BCUT2D eigenvalue weighted by Gasteiger charge is -2.31. The number of amides is 2. The zero-order chi connectivity index (χ0) is 18.6. The molecule has 0 aromatic heterocycles. The van der Waals surface area contributed by atoms with Gasteiger partial charge in [0.05, 0.1) is 11.8 Å². The van der Waals surface area contributed by atoms with Crippen LogP contribution in [0.3, 0.4) is 0 Å². The number of anilines is 2. The van der Waals surface area contributed by atoms with Gasteiger partial charge in [-0.25, -0.2) is 4.79 Å². The van der Waals surface area contributed by atoms with Crippen LogP contribution in [0.5, 0.6) is 0 Å². The van der Waals surface area contributed by atoms with Gasteiger partial charge in [0.15, 0.2) is 0 Å². The number of carbonyl (C=O) groups is 1. The number of para-hydroxylation sites is 2. The molecule has 134 valence electrons. The average Bonchev–Trinajstić information content (AvgIpc) is 2.59. The summed E-state index contributed by atoms with van der Waals surface area (Å²) in [6.45, 7) is 8.26. The number of benzene rings is 2. The summed E-state index contributed by atoms with van der Waals surface area (Å²) in [6.07, 6.45) is -0.0151. The molecule has 0 saturated carbocycles. The molecular formula is C21H28N2O2. The fraction of sp³-hybridized carbons (Fsp3) is 0.381. The smallest absolute Gasteiger partial charge is 0.326 e. The van der Waals surface area contributed by atoms with Gasteiger partial charge in [-0.3, -0.25) is 4.90 Å². The first kappa shape index (κ1) is 19.0. The Morgan fingerprint density at radius 3 is 2.32 bits per heavy atom. The van der Waals surface area contributed by atoms with Crippen LogP contribution in [0.25, 0.3) is 0 Å². The van der Waals surface area contributed by atoms with Crippen molar-refractivity contribution >= 4 is 17.4 Å². The van der Waals surface area contributed by atoms with Crippen molar-refractivity contribution in [2.75, 3.05) is 17.3 Å². The maximum atomic E-state index is 12.8. The summed E-state index contributed by atoms with van der Waals surface area (Å²) < 4.78 is 0. The van der Waals surface area contributed by atoms with E-state index in [1.807, 2.05) is 55.5 Å². The molecule has 2 amide bonds. The van der Waals surface area contributed by atoms with Gasteiger partial charge in [-0.05, 0) is 29.5 Å². The molecule has 0 aliphatic carbocycles. The average molecular weight is 340 g/mol. The van der Waals surface area contributed by atoms with Gasteiger partial charge in [-0.2, -0.15) is 0 Å². The lowest BCUT2D eigenvalue weighted by atomic mass is 9.83. The molecule has 4 heteroatoms. The minimum absolute atomic E-state index is 0.153. The number of hydrogen-bond donors (Lipinski definition) is 2. The van der Waals surface area contributed by atoms with Crippen LogP contribution in [-0.4, -0.2) is 18.2 Å². The number of urea groups is 1. The Morgan fingerprint density at radius 2 is 1.76 bits per heavy atom. The summed E-state index contributed by atoms with van der Waals surface area (Å²) in [6, 6.07) is 15.0. The maximum absolute atomic E-state index is 12.8. The summed E-state index contributed by atoms with van der Waals surface area (Å²) in [5.74, 6) is 0. The van der Waals surface area contributed by atoms with Crippen LogP contribution >= 0.6 is 0 Å². The number of hydrogen-bond acceptors (Lipinski definition) is 2. The second kappa shape index (κ2) is 7.70. The molecule has 0 bridgehead atoms. The Bertz CT molecular complexity index is 720. The topological polar surface area (TPSA) is 52.6 Å². The molecule has 2 aromatic rings. The van der Waals surface area contributed by atoms with E-state index in [0.29, 0.717) is 6.42 Å². The van der Waals surface area contributed by atoms with E-state index in [1.165, 1.54) is 0 Å². The largest absolute Gasteiger partial charge is 0.388 e. The third-order valence-electron chi connectivity index (χ3n) is 4.29. The second-order valence-corrected chi connectivity index (χ2v) is 7.27. The van der Waals surface area contributed by atoms with E-state index < -0.39 is 6.10 Å². The van der Waals surface area contributed by atoms with E-state index in [9.17, 15) is 9.90 Å². The molecule has 0 aliphatic rings. The van der Waals surface area contributed by atoms with Gasteiger partial charge in [0, 0.05) is 18.3 Å². The SMILES string of the molecule is CCC(O)c1cccc(C(C)(C)C)c1N(C)C(=O)Nc1ccccc1. The molecule has 0 radical (unpaired) electrons. The molecule has 0 spiro atoms. The highest BCUT2D eigenvalue weighted by Crippen LogP contribution is 2.38. The monoisotopic (exact) mass is 340 g/mol. The first-order valence-corrected chi connectivity index (χ1v) is 8.67. The van der Waals surface area contributed by atoms with Crippen LogP contribution in [0.15, 0.2) is 48.5 Å². The van der Waals surface area contributed by atoms with Gasteiger partial charge in [-0.15, -0.1) is 0 Å². The van der Waals surface area contributed by atoms with Crippen molar-refractivity contribution in [1.29, 1.82) is 0 Å². The van der Waals surface area contributed by atoms with E-state index in [1.54, 1.807) is 11.9 Å². The predicted molar refractivity (Wildman–Crippen MR) is 104 cm³/mol. The fourth-order valence-electron chi connectivity index (χ4n) is 2.86. The molecule has 1 atom stereocenters. The second-order valence-electron chi connectivity index (χ2n) is 7.27. The molecule has 25 heavy (non-hydrogen) atoms. The standard InChI is InChI=1S/C21H28N2O2/c1-6-18(24)16-13-10-14-17(21(2,3)4)19(16)23(5)20(25)22-15-11-8-7-9-12-15/h7-14,18,24H,6H2,1-5H3,(H,22,25). The lowest BCUT2D eigenvalue weighted by Crippen LogP contribution is -2.34. The molecular weight excluding hydrogens is 312 g/mol. The van der Waals surface area contributed by atoms with Gasteiger partial charge in [0.1, 0.15) is 0 Å². The van der Waals surface area contributed by atoms with E-state index >= 15 is 0 Å². The van der Waals surface area contributed by atoms with Crippen molar-refractivity contribution < 1.29 is 9.90 Å². The Balaban J connectivity index is 2.45. The van der Waals surface area contributed by atoms with E-state index in [-0.39, 0.29) is 11.4 Å². The van der Waals surface area contributed by atoms with Gasteiger partial charge < -0.3 is 10.4 Å². The Labute approximate surface area is 150 Å². The number of nitrogens with zero attached hydrogens (tertiary/aromatic N) is 1. The third-order valence-corrected chi connectivity index (χ3v) is 4.29. The van der Waals surface area contributed by atoms with Crippen molar-refractivity contribution in [2.24, 2.45) is 0 Å². The van der Waals surface area contributed by atoms with Crippen molar-refractivity contribution in [3.63, 3.8) is 0 Å². The zero-order valence-electron chi connectivity index (χ0n) is 15.7. The first-order chi connectivity index (χ1) is 11.8. The van der Waals surface area contributed by atoms with E-state index in [0.717, 1.165) is 22.5 Å². The van der Waals surface area contributed by atoms with Gasteiger partial charge in [-0.1, -0.05) is 64.1 Å². The van der Waals surface area contributed by atoms with Crippen LogP contribution in [0.1, 0.15) is 51.3 Å². The Morgan fingerprint density at radius 1 is 1.12 bits per heavy atom. The molecule has 2 rings (SSSR count). The Kier molecular flexibility index (Phi) is 5.85. The van der Waals surface area contributed by atoms with Crippen molar-refractivity contribution in [2.45, 2.75) is 45.6 Å². The van der Waals surface area contributed by atoms with Crippen LogP contribution in [0, 0.1) is 0 Å². The van der Waals surface area contributed by atoms with E-state index in [2.05, 4.69) is 26.1 Å². The van der Waals surface area contributed by atoms with Crippen LogP contribution < -0.4 is 10.2 Å². The molecule has 0 saturated heterocycles. The zero-order valence-corrected chi connectivity index (χ0v) is 15.7. The third kappa shape index (κ3) is 4.40. The number of aliphatic hydroxyl groups is 1. The highest BCUT2D eigenvalue weighted by atomic mass is 16.3. The number of aliphatic hydroxyl groups excluding tert-OH is 1. The summed E-state index contributed by atoms with van der Waals surface area (Å²) >= 11 is 0. The minimum atomic E-state index is -0.607. The van der Waals surface area contributed by atoms with Gasteiger partial charge >= 0.3 is 6.03 Å².